The molecular weight excluding hydrogens is 508 g/mol. The number of carbonyl (C=O) groups excluding carboxylic acids is 4. The van der Waals surface area contributed by atoms with E-state index in [4.69, 9.17) is 25.8 Å². The van der Waals surface area contributed by atoms with E-state index in [0.29, 0.717) is 37.4 Å². The SMILES string of the molecule is COc1cc(/C=C2\SC(=O)N(CC(=O)N3CCOCC3)C2=O)cc(Cl)c1OC(=O)c1ccc(C)cc1. The van der Waals surface area contributed by atoms with Gasteiger partial charge in [-0.3, -0.25) is 19.3 Å². The molecular formula is C25H23ClN2O7S. The molecule has 4 rings (SSSR count). The maximum Gasteiger partial charge on any atom is 0.343 e. The predicted molar refractivity (Wildman–Crippen MR) is 134 cm³/mol. The number of hydrogen-bond acceptors (Lipinski definition) is 8. The predicted octanol–water partition coefficient (Wildman–Crippen LogP) is 3.77. The first-order valence-corrected chi connectivity index (χ1v) is 12.2. The molecule has 2 saturated heterocycles. The van der Waals surface area contributed by atoms with Crippen LogP contribution in [0.5, 0.6) is 11.5 Å². The van der Waals surface area contributed by atoms with Gasteiger partial charge in [-0.25, -0.2) is 4.79 Å². The van der Waals surface area contributed by atoms with Gasteiger partial charge in [0.2, 0.25) is 5.91 Å². The number of nitrogens with zero attached hydrogens (tertiary/aromatic N) is 2. The minimum absolute atomic E-state index is 0.0334. The van der Waals surface area contributed by atoms with Gasteiger partial charge in [0, 0.05) is 13.1 Å². The summed E-state index contributed by atoms with van der Waals surface area (Å²) < 4.78 is 16.1. The molecule has 2 aromatic rings. The number of morpholine rings is 1. The van der Waals surface area contributed by atoms with Crippen molar-refractivity contribution in [1.82, 2.24) is 9.80 Å². The van der Waals surface area contributed by atoms with E-state index in [1.807, 2.05) is 6.92 Å². The lowest BCUT2D eigenvalue weighted by molar-refractivity contribution is -0.139. The molecule has 2 aromatic carbocycles. The number of benzene rings is 2. The van der Waals surface area contributed by atoms with Crippen molar-refractivity contribution in [1.29, 1.82) is 0 Å². The maximum absolute atomic E-state index is 12.9. The van der Waals surface area contributed by atoms with Gasteiger partial charge in [-0.2, -0.15) is 0 Å². The number of halogens is 1. The third-order valence-corrected chi connectivity index (χ3v) is 6.75. The minimum atomic E-state index is -0.603. The van der Waals surface area contributed by atoms with Crippen molar-refractivity contribution in [3.05, 3.63) is 63.0 Å². The lowest BCUT2D eigenvalue weighted by atomic mass is 10.1. The van der Waals surface area contributed by atoms with Gasteiger partial charge in [0.1, 0.15) is 6.54 Å². The Morgan fingerprint density at radius 3 is 2.50 bits per heavy atom. The lowest BCUT2D eigenvalue weighted by Gasteiger charge is -2.28. The number of aryl methyl sites for hydroxylation is 1. The Bertz CT molecular complexity index is 1240. The molecule has 3 amide bonds. The van der Waals surface area contributed by atoms with Gasteiger partial charge in [-0.1, -0.05) is 29.3 Å². The van der Waals surface area contributed by atoms with Crippen LogP contribution in [0.25, 0.3) is 6.08 Å². The van der Waals surface area contributed by atoms with Gasteiger partial charge in [0.15, 0.2) is 11.5 Å². The van der Waals surface area contributed by atoms with Crippen molar-refractivity contribution in [2.45, 2.75) is 6.92 Å². The molecule has 2 fully saturated rings. The number of hydrogen-bond donors (Lipinski definition) is 0. The van der Waals surface area contributed by atoms with E-state index >= 15 is 0 Å². The first kappa shape index (κ1) is 25.7. The molecule has 0 saturated carbocycles. The second-order valence-electron chi connectivity index (χ2n) is 8.05. The highest BCUT2D eigenvalue weighted by molar-refractivity contribution is 8.18. The van der Waals surface area contributed by atoms with E-state index < -0.39 is 17.1 Å². The van der Waals surface area contributed by atoms with Crippen LogP contribution in [0.2, 0.25) is 5.02 Å². The zero-order valence-corrected chi connectivity index (χ0v) is 21.2. The standard InChI is InChI=1S/C25H23ClN2O7S/c1-15-3-5-17(6-4-15)24(31)35-22-18(26)11-16(12-19(22)33-2)13-20-23(30)28(25(32)36-20)14-21(29)27-7-9-34-10-8-27/h3-6,11-13H,7-10,14H2,1-2H3/b20-13-. The van der Waals surface area contributed by atoms with Crippen LogP contribution in [0.4, 0.5) is 4.79 Å². The summed E-state index contributed by atoms with van der Waals surface area (Å²) in [5.41, 5.74) is 1.81. The summed E-state index contributed by atoms with van der Waals surface area (Å²) in [6.45, 7) is 3.26. The molecule has 9 nitrogen and oxygen atoms in total. The van der Waals surface area contributed by atoms with E-state index in [1.165, 1.54) is 25.3 Å². The Labute approximate surface area is 216 Å². The molecule has 0 radical (unpaired) electrons. The van der Waals surface area contributed by atoms with E-state index in [1.54, 1.807) is 29.2 Å². The van der Waals surface area contributed by atoms with Crippen molar-refractivity contribution < 1.29 is 33.4 Å². The number of ether oxygens (including phenoxy) is 3. The molecule has 0 bridgehead atoms. The summed E-state index contributed by atoms with van der Waals surface area (Å²) in [6.07, 6.45) is 1.48. The number of carbonyl (C=O) groups is 4. The molecule has 36 heavy (non-hydrogen) atoms. The molecule has 0 atom stereocenters. The molecule has 2 aliphatic rings. The van der Waals surface area contributed by atoms with Crippen LogP contribution in [-0.4, -0.2) is 72.8 Å². The Kier molecular flexibility index (Phi) is 7.97. The van der Waals surface area contributed by atoms with Gasteiger partial charge in [-0.15, -0.1) is 0 Å². The van der Waals surface area contributed by atoms with Crippen molar-refractivity contribution in [3.63, 3.8) is 0 Å². The molecule has 0 spiro atoms. The van der Waals surface area contributed by atoms with Crippen LogP contribution in [0.15, 0.2) is 41.3 Å². The second kappa shape index (κ2) is 11.2. The van der Waals surface area contributed by atoms with Gasteiger partial charge in [0.05, 0.1) is 35.8 Å². The van der Waals surface area contributed by atoms with E-state index in [0.717, 1.165) is 22.2 Å². The molecule has 2 aliphatic heterocycles. The summed E-state index contributed by atoms with van der Waals surface area (Å²) >= 11 is 7.12. The maximum atomic E-state index is 12.9. The van der Waals surface area contributed by atoms with Crippen LogP contribution in [0.1, 0.15) is 21.5 Å². The van der Waals surface area contributed by atoms with Gasteiger partial charge < -0.3 is 19.1 Å². The molecule has 0 unspecified atom stereocenters. The smallest absolute Gasteiger partial charge is 0.343 e. The summed E-state index contributed by atoms with van der Waals surface area (Å²) in [6, 6.07) is 9.91. The summed E-state index contributed by atoms with van der Waals surface area (Å²) in [5.74, 6) is -1.28. The monoisotopic (exact) mass is 530 g/mol. The summed E-state index contributed by atoms with van der Waals surface area (Å²) in [7, 11) is 1.39. The quantitative estimate of drug-likeness (QED) is 0.316. The molecule has 0 aromatic heterocycles. The zero-order chi connectivity index (χ0) is 25.8. The normalized spacial score (nSPS) is 17.0. The fourth-order valence-electron chi connectivity index (χ4n) is 3.60. The fourth-order valence-corrected chi connectivity index (χ4v) is 4.70. The molecule has 2 heterocycles. The van der Waals surface area contributed by atoms with Crippen molar-refractivity contribution in [2.75, 3.05) is 40.0 Å². The highest BCUT2D eigenvalue weighted by Crippen LogP contribution is 2.39. The highest BCUT2D eigenvalue weighted by Gasteiger charge is 2.37. The van der Waals surface area contributed by atoms with Gasteiger partial charge in [-0.05, 0) is 54.6 Å². The van der Waals surface area contributed by atoms with Crippen LogP contribution in [-0.2, 0) is 14.3 Å². The molecule has 188 valence electrons. The number of thioether (sulfide) groups is 1. The number of imide groups is 1. The molecule has 0 N–H and O–H groups in total. The Balaban J connectivity index is 1.51. The lowest BCUT2D eigenvalue weighted by Crippen LogP contribution is -2.46. The van der Waals surface area contributed by atoms with Crippen LogP contribution in [0, 0.1) is 6.92 Å². The van der Waals surface area contributed by atoms with Crippen molar-refractivity contribution in [3.8, 4) is 11.5 Å². The third-order valence-electron chi connectivity index (χ3n) is 5.56. The van der Waals surface area contributed by atoms with Gasteiger partial charge in [0.25, 0.3) is 11.1 Å². The number of rotatable bonds is 6. The van der Waals surface area contributed by atoms with Crippen LogP contribution < -0.4 is 9.47 Å². The number of methoxy groups -OCH3 is 1. The third kappa shape index (κ3) is 5.72. The average molecular weight is 531 g/mol. The summed E-state index contributed by atoms with van der Waals surface area (Å²) in [5, 5.41) is -0.447. The van der Waals surface area contributed by atoms with E-state index in [-0.39, 0.29) is 33.9 Å². The Hall–Kier alpha value is -3.34. The van der Waals surface area contributed by atoms with Crippen molar-refractivity contribution >= 4 is 52.5 Å². The number of amides is 3. The first-order chi connectivity index (χ1) is 17.3. The molecule has 0 aliphatic carbocycles. The summed E-state index contributed by atoms with van der Waals surface area (Å²) in [4.78, 5) is 53.0. The average Bonchev–Trinajstić information content (AvgIpc) is 3.13. The van der Waals surface area contributed by atoms with Gasteiger partial charge >= 0.3 is 5.97 Å². The second-order valence-corrected chi connectivity index (χ2v) is 9.45. The van der Waals surface area contributed by atoms with Crippen LogP contribution >= 0.6 is 23.4 Å². The van der Waals surface area contributed by atoms with Crippen LogP contribution in [0.3, 0.4) is 0 Å². The molecule has 11 heteroatoms. The van der Waals surface area contributed by atoms with E-state index in [9.17, 15) is 19.2 Å². The van der Waals surface area contributed by atoms with Crippen molar-refractivity contribution in [2.24, 2.45) is 0 Å². The largest absolute Gasteiger partial charge is 0.493 e. The van der Waals surface area contributed by atoms with E-state index in [2.05, 4.69) is 0 Å². The first-order valence-electron chi connectivity index (χ1n) is 11.0. The number of esters is 1. The zero-order valence-electron chi connectivity index (χ0n) is 19.6. The fraction of sp³-hybridized carbons (Fsp3) is 0.280. The highest BCUT2D eigenvalue weighted by atomic mass is 35.5. The topological polar surface area (TPSA) is 102 Å². The Morgan fingerprint density at radius 1 is 1.14 bits per heavy atom. The Morgan fingerprint density at radius 2 is 1.83 bits per heavy atom. The minimum Gasteiger partial charge on any atom is -0.493 e.